The Hall–Kier alpha value is -1.60. The summed E-state index contributed by atoms with van der Waals surface area (Å²) in [4.78, 5) is 2.43. The topological polar surface area (TPSA) is 43.0 Å². The summed E-state index contributed by atoms with van der Waals surface area (Å²) in [5.74, 6) is 1.54. The lowest BCUT2D eigenvalue weighted by Crippen LogP contribution is -2.40. The van der Waals surface area contributed by atoms with Crippen LogP contribution < -0.4 is 14.8 Å². The molecule has 0 spiro atoms. The molecule has 1 N–H and O–H groups in total. The number of benzene rings is 2. The minimum atomic E-state index is 0.518. The van der Waals surface area contributed by atoms with Crippen molar-refractivity contribution < 1.29 is 14.2 Å². The zero-order valence-electron chi connectivity index (χ0n) is 16.5. The molecule has 6 heteroatoms. The molecule has 1 heterocycles. The van der Waals surface area contributed by atoms with Gasteiger partial charge in [0, 0.05) is 37.2 Å². The van der Waals surface area contributed by atoms with E-state index < -0.39 is 0 Å². The smallest absolute Gasteiger partial charge is 0.162 e. The van der Waals surface area contributed by atoms with Gasteiger partial charge in [-0.15, -0.1) is 0 Å². The molecule has 1 aliphatic heterocycles. The number of halogens is 1. The van der Waals surface area contributed by atoms with Gasteiger partial charge in [0.15, 0.2) is 11.5 Å². The first-order chi connectivity index (χ1) is 13.8. The van der Waals surface area contributed by atoms with Crippen molar-refractivity contribution in [2.45, 2.75) is 20.1 Å². The quantitative estimate of drug-likeness (QED) is 0.559. The number of nitrogens with zero attached hydrogens (tertiary/aromatic N) is 1. The van der Waals surface area contributed by atoms with Gasteiger partial charge in [-0.25, -0.2) is 0 Å². The molecule has 5 nitrogen and oxygen atoms in total. The van der Waals surface area contributed by atoms with E-state index in [1.807, 2.05) is 31.2 Å². The Morgan fingerprint density at radius 2 is 1.82 bits per heavy atom. The summed E-state index contributed by atoms with van der Waals surface area (Å²) in [7, 11) is 0. The number of rotatable bonds is 10. The molecule has 2 aromatic rings. The van der Waals surface area contributed by atoms with Crippen LogP contribution in [0.1, 0.15) is 18.1 Å². The van der Waals surface area contributed by atoms with E-state index in [1.165, 1.54) is 0 Å². The SMILES string of the molecule is CCOc1cc(CNCCN2CCOCC2)c(Br)cc1OCc1ccccc1. The molecule has 0 saturated carbocycles. The highest BCUT2D eigenvalue weighted by Crippen LogP contribution is 2.34. The first kappa shape index (κ1) is 21.1. The van der Waals surface area contributed by atoms with Gasteiger partial charge in [-0.2, -0.15) is 0 Å². The van der Waals surface area contributed by atoms with Crippen molar-refractivity contribution in [2.24, 2.45) is 0 Å². The van der Waals surface area contributed by atoms with E-state index in [0.29, 0.717) is 13.2 Å². The normalized spacial score (nSPS) is 14.8. The summed E-state index contributed by atoms with van der Waals surface area (Å²) < 4.78 is 18.3. The van der Waals surface area contributed by atoms with Crippen LogP contribution in [0.2, 0.25) is 0 Å². The van der Waals surface area contributed by atoms with Crippen LogP contribution in [0.15, 0.2) is 46.9 Å². The van der Waals surface area contributed by atoms with E-state index in [-0.39, 0.29) is 0 Å². The predicted octanol–water partition coefficient (Wildman–Crippen LogP) is 3.85. The highest BCUT2D eigenvalue weighted by Gasteiger charge is 2.12. The second-order valence-corrected chi connectivity index (χ2v) is 7.58. The lowest BCUT2D eigenvalue weighted by Gasteiger charge is -2.26. The molecule has 2 aromatic carbocycles. The Kier molecular flexibility index (Phi) is 8.61. The third-order valence-electron chi connectivity index (χ3n) is 4.67. The third kappa shape index (κ3) is 6.48. The molecule has 1 saturated heterocycles. The van der Waals surface area contributed by atoms with Gasteiger partial charge in [-0.05, 0) is 30.2 Å². The van der Waals surface area contributed by atoms with Crippen LogP contribution in [0.4, 0.5) is 0 Å². The van der Waals surface area contributed by atoms with Gasteiger partial charge in [0.05, 0.1) is 19.8 Å². The van der Waals surface area contributed by atoms with Gasteiger partial charge in [-0.3, -0.25) is 4.90 Å². The molecule has 0 radical (unpaired) electrons. The summed E-state index contributed by atoms with van der Waals surface area (Å²) in [6.45, 7) is 9.60. The van der Waals surface area contributed by atoms with E-state index >= 15 is 0 Å². The zero-order chi connectivity index (χ0) is 19.6. The van der Waals surface area contributed by atoms with Crippen molar-refractivity contribution in [1.82, 2.24) is 10.2 Å². The molecule has 1 aliphatic rings. The Morgan fingerprint density at radius 3 is 2.57 bits per heavy atom. The second-order valence-electron chi connectivity index (χ2n) is 6.73. The molecule has 152 valence electrons. The summed E-state index contributed by atoms with van der Waals surface area (Å²) in [6.07, 6.45) is 0. The van der Waals surface area contributed by atoms with Gasteiger partial charge in [0.1, 0.15) is 6.61 Å². The maximum atomic E-state index is 6.02. The zero-order valence-corrected chi connectivity index (χ0v) is 18.0. The fourth-order valence-electron chi connectivity index (χ4n) is 3.11. The first-order valence-corrected chi connectivity index (χ1v) is 10.7. The Morgan fingerprint density at radius 1 is 1.07 bits per heavy atom. The van der Waals surface area contributed by atoms with Gasteiger partial charge < -0.3 is 19.5 Å². The maximum Gasteiger partial charge on any atom is 0.162 e. The van der Waals surface area contributed by atoms with Crippen LogP contribution in [0.3, 0.4) is 0 Å². The fraction of sp³-hybridized carbons (Fsp3) is 0.455. The van der Waals surface area contributed by atoms with Gasteiger partial charge in [0.2, 0.25) is 0 Å². The van der Waals surface area contributed by atoms with Crippen molar-refractivity contribution in [3.63, 3.8) is 0 Å². The van der Waals surface area contributed by atoms with Crippen LogP contribution in [0.5, 0.6) is 11.5 Å². The highest BCUT2D eigenvalue weighted by molar-refractivity contribution is 9.10. The number of ether oxygens (including phenoxy) is 3. The van der Waals surface area contributed by atoms with E-state index in [2.05, 4.69) is 44.3 Å². The first-order valence-electron chi connectivity index (χ1n) is 9.89. The average molecular weight is 449 g/mol. The summed E-state index contributed by atoms with van der Waals surface area (Å²) in [6, 6.07) is 14.2. The van der Waals surface area contributed by atoms with Crippen LogP contribution in [-0.2, 0) is 17.9 Å². The molecule has 1 fully saturated rings. The number of hydrogen-bond acceptors (Lipinski definition) is 5. The maximum absolute atomic E-state index is 6.02. The van der Waals surface area contributed by atoms with Crippen molar-refractivity contribution in [2.75, 3.05) is 46.0 Å². The Bertz CT molecular complexity index is 721. The van der Waals surface area contributed by atoms with Crippen LogP contribution in [0.25, 0.3) is 0 Å². The third-order valence-corrected chi connectivity index (χ3v) is 5.41. The van der Waals surface area contributed by atoms with Crippen molar-refractivity contribution in [3.8, 4) is 11.5 Å². The molecular formula is C22H29BrN2O3. The summed E-state index contributed by atoms with van der Waals surface area (Å²) >= 11 is 3.68. The number of nitrogens with one attached hydrogen (secondary N) is 1. The van der Waals surface area contributed by atoms with Crippen molar-refractivity contribution in [3.05, 3.63) is 58.1 Å². The van der Waals surface area contributed by atoms with E-state index in [1.54, 1.807) is 0 Å². The average Bonchev–Trinajstić information content (AvgIpc) is 2.73. The van der Waals surface area contributed by atoms with Crippen LogP contribution in [0, 0.1) is 0 Å². The number of morpholine rings is 1. The molecule has 0 aromatic heterocycles. The van der Waals surface area contributed by atoms with Gasteiger partial charge in [-0.1, -0.05) is 46.3 Å². The molecule has 3 rings (SSSR count). The van der Waals surface area contributed by atoms with Crippen LogP contribution in [-0.4, -0.2) is 50.9 Å². The summed E-state index contributed by atoms with van der Waals surface area (Å²) in [5.41, 5.74) is 2.30. The second kappa shape index (κ2) is 11.4. The highest BCUT2D eigenvalue weighted by atomic mass is 79.9. The molecule has 0 bridgehead atoms. The monoisotopic (exact) mass is 448 g/mol. The minimum Gasteiger partial charge on any atom is -0.490 e. The lowest BCUT2D eigenvalue weighted by atomic mass is 10.2. The summed E-state index contributed by atoms with van der Waals surface area (Å²) in [5, 5.41) is 3.53. The number of hydrogen-bond donors (Lipinski definition) is 1. The molecule has 0 amide bonds. The van der Waals surface area contributed by atoms with E-state index in [9.17, 15) is 0 Å². The van der Waals surface area contributed by atoms with Gasteiger partial charge >= 0.3 is 0 Å². The fourth-order valence-corrected chi connectivity index (χ4v) is 3.58. The molecule has 0 atom stereocenters. The molecule has 0 unspecified atom stereocenters. The van der Waals surface area contributed by atoms with E-state index in [0.717, 1.165) is 73.0 Å². The Labute approximate surface area is 176 Å². The molecular weight excluding hydrogens is 420 g/mol. The minimum absolute atomic E-state index is 0.518. The van der Waals surface area contributed by atoms with Crippen molar-refractivity contribution in [1.29, 1.82) is 0 Å². The van der Waals surface area contributed by atoms with Gasteiger partial charge in [0.25, 0.3) is 0 Å². The lowest BCUT2D eigenvalue weighted by molar-refractivity contribution is 0.0384. The largest absolute Gasteiger partial charge is 0.490 e. The molecule has 28 heavy (non-hydrogen) atoms. The van der Waals surface area contributed by atoms with Crippen LogP contribution >= 0.6 is 15.9 Å². The van der Waals surface area contributed by atoms with E-state index in [4.69, 9.17) is 14.2 Å². The van der Waals surface area contributed by atoms with Crippen molar-refractivity contribution >= 4 is 15.9 Å². The molecule has 0 aliphatic carbocycles. The standard InChI is InChI=1S/C22H29BrN2O3/c1-2-27-21-14-19(16-24-8-9-25-10-12-26-13-11-25)20(23)15-22(21)28-17-18-6-4-3-5-7-18/h3-7,14-15,24H,2,8-13,16-17H2,1H3. The predicted molar refractivity (Wildman–Crippen MR) is 115 cm³/mol. The Balaban J connectivity index is 1.56.